The summed E-state index contributed by atoms with van der Waals surface area (Å²) >= 11 is 0. The molecule has 3 rings (SSSR count). The summed E-state index contributed by atoms with van der Waals surface area (Å²) in [5.41, 5.74) is 0.282. The van der Waals surface area contributed by atoms with Gasteiger partial charge in [-0.05, 0) is 11.5 Å². The summed E-state index contributed by atoms with van der Waals surface area (Å²) in [6, 6.07) is 10.8. The van der Waals surface area contributed by atoms with Gasteiger partial charge in [-0.2, -0.15) is 0 Å². The molecule has 1 heterocycles. The zero-order valence-corrected chi connectivity index (χ0v) is 11.7. The quantitative estimate of drug-likeness (QED) is 0.875. The molecule has 1 fully saturated rings. The molecule has 2 amide bonds. The summed E-state index contributed by atoms with van der Waals surface area (Å²) in [5, 5.41) is 14.4. The summed E-state index contributed by atoms with van der Waals surface area (Å²) in [5.74, 6) is -0.441. The first-order chi connectivity index (χ1) is 10.1. The van der Waals surface area contributed by atoms with Crippen molar-refractivity contribution in [1.29, 1.82) is 0 Å². The van der Waals surface area contributed by atoms with Crippen molar-refractivity contribution >= 4 is 22.6 Å². The third-order valence-electron chi connectivity index (χ3n) is 3.92. The van der Waals surface area contributed by atoms with Crippen LogP contribution in [0.15, 0.2) is 36.4 Å². The Morgan fingerprint density at radius 2 is 1.90 bits per heavy atom. The first-order valence-corrected chi connectivity index (χ1v) is 6.83. The average molecular weight is 284 g/mol. The van der Waals surface area contributed by atoms with Crippen molar-refractivity contribution in [2.24, 2.45) is 5.92 Å². The second-order valence-electron chi connectivity index (χ2n) is 5.20. The molecular weight excluding hydrogens is 268 g/mol. The number of amides is 2. The van der Waals surface area contributed by atoms with Crippen molar-refractivity contribution in [3.63, 3.8) is 0 Å². The predicted octanol–water partition coefficient (Wildman–Crippen LogP) is 1.36. The van der Waals surface area contributed by atoms with Gasteiger partial charge < -0.3 is 15.3 Å². The fourth-order valence-corrected chi connectivity index (χ4v) is 2.61. The van der Waals surface area contributed by atoms with Crippen molar-refractivity contribution in [1.82, 2.24) is 10.2 Å². The fourth-order valence-electron chi connectivity index (χ4n) is 2.61. The average Bonchev–Trinajstić information content (AvgIpc) is 2.46. The zero-order chi connectivity index (χ0) is 15.0. The number of carbonyl (C=O) groups is 2. The molecule has 108 valence electrons. The first-order valence-electron chi connectivity index (χ1n) is 6.83. The maximum Gasteiger partial charge on any atom is 0.257 e. The maximum atomic E-state index is 12.4. The number of phenols is 1. The Hall–Kier alpha value is -2.56. The summed E-state index contributed by atoms with van der Waals surface area (Å²) < 4.78 is 0. The monoisotopic (exact) mass is 284 g/mol. The Balaban J connectivity index is 1.83. The van der Waals surface area contributed by atoms with E-state index in [1.165, 1.54) is 0 Å². The van der Waals surface area contributed by atoms with Gasteiger partial charge in [0.05, 0.1) is 11.5 Å². The molecule has 2 N–H and O–H groups in total. The molecule has 1 saturated heterocycles. The largest absolute Gasteiger partial charge is 0.506 e. The van der Waals surface area contributed by atoms with E-state index in [-0.39, 0.29) is 29.0 Å². The second-order valence-corrected chi connectivity index (χ2v) is 5.20. The van der Waals surface area contributed by atoms with Gasteiger partial charge in [0, 0.05) is 25.5 Å². The van der Waals surface area contributed by atoms with Crippen molar-refractivity contribution in [3.8, 4) is 5.75 Å². The lowest BCUT2D eigenvalue weighted by Crippen LogP contribution is -2.55. The Bertz CT molecular complexity index is 721. The molecule has 0 atom stereocenters. The Labute approximate surface area is 122 Å². The smallest absolute Gasteiger partial charge is 0.257 e. The van der Waals surface area contributed by atoms with Crippen molar-refractivity contribution in [2.45, 2.75) is 0 Å². The summed E-state index contributed by atoms with van der Waals surface area (Å²) in [6.07, 6.45) is 0. The lowest BCUT2D eigenvalue weighted by Gasteiger charge is -2.38. The van der Waals surface area contributed by atoms with E-state index in [1.54, 1.807) is 24.1 Å². The number of hydrogen-bond donors (Lipinski definition) is 2. The molecule has 1 aliphatic rings. The molecule has 0 spiro atoms. The molecule has 5 heteroatoms. The number of nitrogens with one attached hydrogen (secondary N) is 1. The van der Waals surface area contributed by atoms with Crippen LogP contribution in [0.5, 0.6) is 5.75 Å². The van der Waals surface area contributed by atoms with Gasteiger partial charge in [0.15, 0.2) is 0 Å². The van der Waals surface area contributed by atoms with Gasteiger partial charge >= 0.3 is 0 Å². The molecule has 5 nitrogen and oxygen atoms in total. The number of nitrogens with zero attached hydrogens (tertiary/aromatic N) is 1. The molecule has 2 aromatic rings. The van der Waals surface area contributed by atoms with Crippen LogP contribution >= 0.6 is 0 Å². The third kappa shape index (κ3) is 2.20. The third-order valence-corrected chi connectivity index (χ3v) is 3.92. The predicted molar refractivity (Wildman–Crippen MR) is 79.1 cm³/mol. The van der Waals surface area contributed by atoms with Crippen LogP contribution in [0.3, 0.4) is 0 Å². The van der Waals surface area contributed by atoms with Crippen LogP contribution in [0.2, 0.25) is 0 Å². The van der Waals surface area contributed by atoms with Crippen LogP contribution in [0.25, 0.3) is 10.8 Å². The second kappa shape index (κ2) is 5.09. The SMILES string of the molecule is CNC(=O)C1CN(C(=O)c2ccc3ccccc3c2O)C1. The van der Waals surface area contributed by atoms with Crippen molar-refractivity contribution in [2.75, 3.05) is 20.1 Å². The minimum atomic E-state index is -0.238. The van der Waals surface area contributed by atoms with Crippen LogP contribution in [0, 0.1) is 5.92 Å². The highest BCUT2D eigenvalue weighted by Crippen LogP contribution is 2.31. The molecule has 0 saturated carbocycles. The lowest BCUT2D eigenvalue weighted by molar-refractivity contribution is -0.128. The number of aromatic hydroxyl groups is 1. The number of rotatable bonds is 2. The fraction of sp³-hybridized carbons (Fsp3) is 0.250. The van der Waals surface area contributed by atoms with E-state index in [0.717, 1.165) is 5.39 Å². The molecule has 0 bridgehead atoms. The van der Waals surface area contributed by atoms with Crippen molar-refractivity contribution in [3.05, 3.63) is 42.0 Å². The topological polar surface area (TPSA) is 69.6 Å². The minimum absolute atomic E-state index is 0.00138. The molecular formula is C16H16N2O3. The van der Waals surface area contributed by atoms with Gasteiger partial charge in [0.1, 0.15) is 5.75 Å². The maximum absolute atomic E-state index is 12.4. The van der Waals surface area contributed by atoms with Gasteiger partial charge in [-0.15, -0.1) is 0 Å². The highest BCUT2D eigenvalue weighted by atomic mass is 16.3. The van der Waals surface area contributed by atoms with E-state index in [1.807, 2.05) is 24.3 Å². The number of likely N-dealkylation sites (tertiary alicyclic amines) is 1. The van der Waals surface area contributed by atoms with Gasteiger partial charge in [0.25, 0.3) is 5.91 Å². The number of benzene rings is 2. The summed E-state index contributed by atoms with van der Waals surface area (Å²) in [7, 11) is 1.59. The number of fused-ring (bicyclic) bond motifs is 1. The minimum Gasteiger partial charge on any atom is -0.506 e. The van der Waals surface area contributed by atoms with E-state index < -0.39 is 0 Å². The molecule has 21 heavy (non-hydrogen) atoms. The zero-order valence-electron chi connectivity index (χ0n) is 11.7. The van der Waals surface area contributed by atoms with Crippen LogP contribution in [-0.2, 0) is 4.79 Å². The highest BCUT2D eigenvalue weighted by molar-refractivity contribution is 6.04. The van der Waals surface area contributed by atoms with Gasteiger partial charge in [-0.1, -0.05) is 30.3 Å². The molecule has 0 aliphatic carbocycles. The number of phenolic OH excluding ortho intramolecular Hbond substituents is 1. The van der Waals surface area contributed by atoms with Gasteiger partial charge in [0.2, 0.25) is 5.91 Å². The standard InChI is InChI=1S/C16H16N2O3/c1-17-15(20)11-8-18(9-11)16(21)13-7-6-10-4-2-3-5-12(10)14(13)19/h2-7,11,19H,8-9H2,1H3,(H,17,20). The van der Waals surface area contributed by atoms with Crippen molar-refractivity contribution < 1.29 is 14.7 Å². The van der Waals surface area contributed by atoms with E-state index >= 15 is 0 Å². The van der Waals surface area contributed by atoms with Crippen LogP contribution in [-0.4, -0.2) is 42.0 Å². The molecule has 0 radical (unpaired) electrons. The van der Waals surface area contributed by atoms with Crippen LogP contribution in [0.4, 0.5) is 0 Å². The van der Waals surface area contributed by atoms with E-state index in [2.05, 4.69) is 5.32 Å². The normalized spacial score (nSPS) is 14.8. The number of hydrogen-bond acceptors (Lipinski definition) is 3. The Morgan fingerprint density at radius 1 is 1.19 bits per heavy atom. The van der Waals surface area contributed by atoms with Crippen LogP contribution < -0.4 is 5.32 Å². The molecule has 1 aliphatic heterocycles. The van der Waals surface area contributed by atoms with E-state index in [9.17, 15) is 14.7 Å². The van der Waals surface area contributed by atoms with E-state index in [0.29, 0.717) is 18.5 Å². The van der Waals surface area contributed by atoms with Crippen LogP contribution in [0.1, 0.15) is 10.4 Å². The molecule has 0 unspecified atom stereocenters. The lowest BCUT2D eigenvalue weighted by atomic mass is 9.97. The van der Waals surface area contributed by atoms with Gasteiger partial charge in [-0.3, -0.25) is 9.59 Å². The highest BCUT2D eigenvalue weighted by Gasteiger charge is 2.36. The summed E-state index contributed by atoms with van der Waals surface area (Å²) in [6.45, 7) is 0.787. The van der Waals surface area contributed by atoms with E-state index in [4.69, 9.17) is 0 Å². The Kier molecular flexibility index (Phi) is 3.25. The first kappa shape index (κ1) is 13.4. The van der Waals surface area contributed by atoms with Gasteiger partial charge in [-0.25, -0.2) is 0 Å². The summed E-state index contributed by atoms with van der Waals surface area (Å²) in [4.78, 5) is 25.4. The molecule has 2 aromatic carbocycles. The number of carbonyl (C=O) groups excluding carboxylic acids is 2. The Morgan fingerprint density at radius 3 is 2.62 bits per heavy atom. The molecule has 0 aromatic heterocycles.